The summed E-state index contributed by atoms with van der Waals surface area (Å²) in [4.78, 5) is 0. The summed E-state index contributed by atoms with van der Waals surface area (Å²) < 4.78 is 5.19. The molecule has 0 spiro atoms. The molecule has 2 heteroatoms. The largest absolute Gasteiger partial charge is 0.497 e. The molecule has 3 rings (SSSR count). The van der Waals surface area contributed by atoms with Crippen LogP contribution in [-0.4, -0.2) is 7.11 Å². The maximum absolute atomic E-state index is 5.19. The van der Waals surface area contributed by atoms with Gasteiger partial charge in [-0.25, -0.2) is 0 Å². The fourth-order valence-corrected chi connectivity index (χ4v) is 2.53. The molecule has 2 aromatic rings. The fraction of sp³-hybridized carbons (Fsp3) is 0.250. The number of fused-ring (bicyclic) bond motifs is 1. The van der Waals surface area contributed by atoms with Crippen molar-refractivity contribution in [1.82, 2.24) is 0 Å². The van der Waals surface area contributed by atoms with Gasteiger partial charge in [-0.2, -0.15) is 0 Å². The lowest BCUT2D eigenvalue weighted by atomic mass is 9.93. The van der Waals surface area contributed by atoms with Crippen LogP contribution in [0, 0.1) is 0 Å². The molecule has 1 atom stereocenters. The van der Waals surface area contributed by atoms with E-state index in [0.29, 0.717) is 6.04 Å². The maximum atomic E-state index is 5.19. The van der Waals surface area contributed by atoms with Crippen LogP contribution in [-0.2, 0) is 6.42 Å². The summed E-state index contributed by atoms with van der Waals surface area (Å²) in [5.74, 6) is 0.912. The van der Waals surface area contributed by atoms with E-state index in [4.69, 9.17) is 4.74 Å². The standard InChI is InChI=1S/C16H17NO/c1-18-14-9-6-13(7-10-14)16-11-8-12-4-2-3-5-15(12)17-16/h2-7,9-10,16-17H,8,11H2,1H3/t16-/m0/s1. The number of ether oxygens (including phenoxy) is 1. The highest BCUT2D eigenvalue weighted by Gasteiger charge is 2.18. The number of hydrogen-bond donors (Lipinski definition) is 1. The Morgan fingerprint density at radius 3 is 2.61 bits per heavy atom. The third-order valence-corrected chi connectivity index (χ3v) is 3.57. The predicted octanol–water partition coefficient (Wildman–Crippen LogP) is 3.79. The van der Waals surface area contributed by atoms with Crippen LogP contribution in [0.4, 0.5) is 5.69 Å². The summed E-state index contributed by atoms with van der Waals surface area (Å²) in [6, 6.07) is 17.3. The Hall–Kier alpha value is -1.96. The first-order valence-electron chi connectivity index (χ1n) is 6.35. The van der Waals surface area contributed by atoms with Gasteiger partial charge in [0.15, 0.2) is 0 Å². The first-order chi connectivity index (χ1) is 8.86. The van der Waals surface area contributed by atoms with Crippen LogP contribution in [0.15, 0.2) is 48.5 Å². The monoisotopic (exact) mass is 239 g/mol. The van der Waals surface area contributed by atoms with Crippen LogP contribution in [0.25, 0.3) is 0 Å². The zero-order valence-corrected chi connectivity index (χ0v) is 10.5. The summed E-state index contributed by atoms with van der Waals surface area (Å²) >= 11 is 0. The van der Waals surface area contributed by atoms with Crippen LogP contribution in [0.1, 0.15) is 23.6 Å². The Labute approximate surface area is 108 Å². The number of hydrogen-bond acceptors (Lipinski definition) is 2. The van der Waals surface area contributed by atoms with Crippen molar-refractivity contribution in [1.29, 1.82) is 0 Å². The smallest absolute Gasteiger partial charge is 0.118 e. The average molecular weight is 239 g/mol. The van der Waals surface area contributed by atoms with Gasteiger partial charge in [0.25, 0.3) is 0 Å². The summed E-state index contributed by atoms with van der Waals surface area (Å²) in [5, 5.41) is 3.61. The summed E-state index contributed by atoms with van der Waals surface area (Å²) in [6.45, 7) is 0. The van der Waals surface area contributed by atoms with Crippen LogP contribution >= 0.6 is 0 Å². The number of rotatable bonds is 2. The minimum atomic E-state index is 0.408. The van der Waals surface area contributed by atoms with Gasteiger partial charge in [-0.05, 0) is 42.2 Å². The molecule has 0 saturated heterocycles. The van der Waals surface area contributed by atoms with Crippen LogP contribution in [0.5, 0.6) is 5.75 Å². The van der Waals surface area contributed by atoms with E-state index >= 15 is 0 Å². The Morgan fingerprint density at radius 1 is 1.06 bits per heavy atom. The molecule has 0 radical (unpaired) electrons. The lowest BCUT2D eigenvalue weighted by Gasteiger charge is -2.27. The molecule has 0 unspecified atom stereocenters. The molecule has 1 aliphatic rings. The number of benzene rings is 2. The lowest BCUT2D eigenvalue weighted by Crippen LogP contribution is -2.17. The van der Waals surface area contributed by atoms with Crippen molar-refractivity contribution < 1.29 is 4.74 Å². The van der Waals surface area contributed by atoms with Crippen molar-refractivity contribution in [2.45, 2.75) is 18.9 Å². The molecule has 18 heavy (non-hydrogen) atoms. The molecular formula is C16H17NO. The van der Waals surface area contributed by atoms with E-state index in [9.17, 15) is 0 Å². The van der Waals surface area contributed by atoms with Gasteiger partial charge in [-0.1, -0.05) is 30.3 Å². The molecule has 1 heterocycles. The van der Waals surface area contributed by atoms with Crippen molar-refractivity contribution in [3.63, 3.8) is 0 Å². The van der Waals surface area contributed by atoms with Crippen molar-refractivity contribution in [2.24, 2.45) is 0 Å². The number of aryl methyl sites for hydroxylation is 1. The Balaban J connectivity index is 1.82. The minimum Gasteiger partial charge on any atom is -0.497 e. The van der Waals surface area contributed by atoms with E-state index < -0.39 is 0 Å². The third-order valence-electron chi connectivity index (χ3n) is 3.57. The zero-order chi connectivity index (χ0) is 12.4. The van der Waals surface area contributed by atoms with Gasteiger partial charge in [-0.15, -0.1) is 0 Å². The molecule has 0 bridgehead atoms. The molecule has 1 N–H and O–H groups in total. The van der Waals surface area contributed by atoms with Gasteiger partial charge in [-0.3, -0.25) is 0 Å². The second-order valence-corrected chi connectivity index (χ2v) is 4.67. The van der Waals surface area contributed by atoms with Crippen LogP contribution in [0.2, 0.25) is 0 Å². The fourth-order valence-electron chi connectivity index (χ4n) is 2.53. The molecule has 2 aromatic carbocycles. The van der Waals surface area contributed by atoms with Gasteiger partial charge in [0, 0.05) is 5.69 Å². The molecule has 1 aliphatic heterocycles. The van der Waals surface area contributed by atoms with Gasteiger partial charge >= 0.3 is 0 Å². The summed E-state index contributed by atoms with van der Waals surface area (Å²) in [5.41, 5.74) is 4.01. The van der Waals surface area contributed by atoms with Gasteiger partial charge in [0.05, 0.1) is 13.2 Å². The number of para-hydroxylation sites is 1. The molecule has 92 valence electrons. The quantitative estimate of drug-likeness (QED) is 0.860. The van der Waals surface area contributed by atoms with E-state index in [-0.39, 0.29) is 0 Å². The van der Waals surface area contributed by atoms with Gasteiger partial charge in [0.2, 0.25) is 0 Å². The molecule has 0 aromatic heterocycles. The Bertz CT molecular complexity index is 533. The number of anilines is 1. The highest BCUT2D eigenvalue weighted by atomic mass is 16.5. The molecule has 0 amide bonds. The van der Waals surface area contributed by atoms with Crippen molar-refractivity contribution in [3.05, 3.63) is 59.7 Å². The van der Waals surface area contributed by atoms with Gasteiger partial charge in [0.1, 0.15) is 5.75 Å². The van der Waals surface area contributed by atoms with Gasteiger partial charge < -0.3 is 10.1 Å². The average Bonchev–Trinajstić information content (AvgIpc) is 2.47. The Morgan fingerprint density at radius 2 is 1.83 bits per heavy atom. The second-order valence-electron chi connectivity index (χ2n) is 4.67. The number of methoxy groups -OCH3 is 1. The van der Waals surface area contributed by atoms with E-state index in [2.05, 4.69) is 41.7 Å². The molecule has 0 saturated carbocycles. The lowest BCUT2D eigenvalue weighted by molar-refractivity contribution is 0.414. The number of nitrogens with one attached hydrogen (secondary N) is 1. The summed E-state index contributed by atoms with van der Waals surface area (Å²) in [7, 11) is 1.70. The zero-order valence-electron chi connectivity index (χ0n) is 10.5. The second kappa shape index (κ2) is 4.73. The normalized spacial score (nSPS) is 17.7. The van der Waals surface area contributed by atoms with Crippen LogP contribution in [0.3, 0.4) is 0 Å². The van der Waals surface area contributed by atoms with Crippen molar-refractivity contribution >= 4 is 5.69 Å². The highest BCUT2D eigenvalue weighted by Crippen LogP contribution is 2.32. The molecule has 2 nitrogen and oxygen atoms in total. The van der Waals surface area contributed by atoms with Crippen molar-refractivity contribution in [3.8, 4) is 5.75 Å². The van der Waals surface area contributed by atoms with Crippen molar-refractivity contribution in [2.75, 3.05) is 12.4 Å². The predicted molar refractivity (Wildman–Crippen MR) is 74.1 cm³/mol. The minimum absolute atomic E-state index is 0.408. The van der Waals surface area contributed by atoms with E-state index in [0.717, 1.165) is 18.6 Å². The SMILES string of the molecule is COc1ccc([C@@H]2CCc3ccccc3N2)cc1. The molecular weight excluding hydrogens is 222 g/mol. The van der Waals surface area contributed by atoms with E-state index in [1.54, 1.807) is 7.11 Å². The first kappa shape index (κ1) is 11.1. The van der Waals surface area contributed by atoms with E-state index in [1.165, 1.54) is 16.8 Å². The highest BCUT2D eigenvalue weighted by molar-refractivity contribution is 5.55. The topological polar surface area (TPSA) is 21.3 Å². The molecule has 0 fully saturated rings. The van der Waals surface area contributed by atoms with Crippen LogP contribution < -0.4 is 10.1 Å². The first-order valence-corrected chi connectivity index (χ1v) is 6.35. The Kier molecular flexibility index (Phi) is 2.93. The maximum Gasteiger partial charge on any atom is 0.118 e. The van der Waals surface area contributed by atoms with E-state index in [1.807, 2.05) is 12.1 Å². The summed E-state index contributed by atoms with van der Waals surface area (Å²) in [6.07, 6.45) is 2.28. The third kappa shape index (κ3) is 2.06. The molecule has 0 aliphatic carbocycles.